The number of amides is 1. The van der Waals surface area contributed by atoms with Gasteiger partial charge in [-0.1, -0.05) is 12.1 Å². The molecule has 0 bridgehead atoms. The fraction of sp³-hybridized carbons (Fsp3) is 0.316. The molecule has 0 saturated heterocycles. The second-order valence-corrected chi connectivity index (χ2v) is 7.99. The van der Waals surface area contributed by atoms with Crippen LogP contribution in [0, 0.1) is 13.8 Å². The summed E-state index contributed by atoms with van der Waals surface area (Å²) in [6, 6.07) is 11.3. The van der Waals surface area contributed by atoms with Crippen LogP contribution in [0.5, 0.6) is 0 Å². The Kier molecular flexibility index (Phi) is 6.52. The topological polar surface area (TPSA) is 84.5 Å². The molecule has 26 heavy (non-hydrogen) atoms. The number of benzene rings is 2. The molecule has 0 radical (unpaired) electrons. The van der Waals surface area contributed by atoms with Crippen molar-refractivity contribution in [2.75, 3.05) is 19.0 Å². The molecule has 0 spiro atoms. The number of sulfonamides is 1. The van der Waals surface area contributed by atoms with Crippen LogP contribution in [0.15, 0.2) is 47.4 Å². The van der Waals surface area contributed by atoms with Crippen LogP contribution in [0.1, 0.15) is 28.4 Å². The minimum absolute atomic E-state index is 0.101. The standard InChI is InChI=1S/C19H24N2O4S/c1-13-5-6-14(2)18(11-13)20-19(22)16-7-9-17(10-8-16)26(23,24)21-15(3)12-25-4/h5-11,15,21H,12H2,1-4H3,(H,20,22)/t15-/m0/s1. The summed E-state index contributed by atoms with van der Waals surface area (Å²) < 4.78 is 32.1. The van der Waals surface area contributed by atoms with Crippen molar-refractivity contribution in [3.05, 3.63) is 59.2 Å². The number of carbonyl (C=O) groups excluding carboxylic acids is 1. The van der Waals surface area contributed by atoms with E-state index in [2.05, 4.69) is 10.0 Å². The van der Waals surface area contributed by atoms with Crippen LogP contribution in [0.4, 0.5) is 5.69 Å². The molecule has 2 rings (SSSR count). The van der Waals surface area contributed by atoms with Gasteiger partial charge >= 0.3 is 0 Å². The SMILES string of the molecule is COC[C@H](C)NS(=O)(=O)c1ccc(C(=O)Nc2cc(C)ccc2C)cc1. The Labute approximate surface area is 154 Å². The molecule has 0 aliphatic carbocycles. The van der Waals surface area contributed by atoms with Gasteiger partial charge in [-0.25, -0.2) is 13.1 Å². The van der Waals surface area contributed by atoms with Gasteiger partial charge in [-0.3, -0.25) is 4.79 Å². The zero-order valence-electron chi connectivity index (χ0n) is 15.4. The molecule has 0 heterocycles. The summed E-state index contributed by atoms with van der Waals surface area (Å²) in [5.74, 6) is -0.289. The van der Waals surface area contributed by atoms with Gasteiger partial charge in [-0.15, -0.1) is 0 Å². The fourth-order valence-corrected chi connectivity index (χ4v) is 3.70. The molecule has 0 aliphatic rings. The first kappa shape index (κ1) is 20.1. The van der Waals surface area contributed by atoms with E-state index < -0.39 is 10.0 Å². The van der Waals surface area contributed by atoms with Crippen molar-refractivity contribution in [3.63, 3.8) is 0 Å². The van der Waals surface area contributed by atoms with Crippen LogP contribution in [0.3, 0.4) is 0 Å². The quantitative estimate of drug-likeness (QED) is 0.778. The maximum Gasteiger partial charge on any atom is 0.255 e. The summed E-state index contributed by atoms with van der Waals surface area (Å²) in [7, 11) is -2.15. The van der Waals surface area contributed by atoms with Crippen LogP contribution >= 0.6 is 0 Å². The third-order valence-corrected chi connectivity index (χ3v) is 5.45. The van der Waals surface area contributed by atoms with Crippen LogP contribution in [0.2, 0.25) is 0 Å². The lowest BCUT2D eigenvalue weighted by molar-refractivity contribution is 0.102. The molecular weight excluding hydrogens is 352 g/mol. The van der Waals surface area contributed by atoms with E-state index in [0.717, 1.165) is 16.8 Å². The summed E-state index contributed by atoms with van der Waals surface area (Å²) in [5.41, 5.74) is 3.12. The largest absolute Gasteiger partial charge is 0.383 e. The Morgan fingerprint density at radius 1 is 1.12 bits per heavy atom. The molecule has 1 atom stereocenters. The molecule has 0 fully saturated rings. The van der Waals surface area contributed by atoms with Gasteiger partial charge < -0.3 is 10.1 Å². The van der Waals surface area contributed by atoms with Crippen LogP contribution in [-0.2, 0) is 14.8 Å². The number of methoxy groups -OCH3 is 1. The Bertz CT molecular complexity index is 877. The number of carbonyl (C=O) groups is 1. The van der Waals surface area contributed by atoms with Crippen molar-refractivity contribution in [2.24, 2.45) is 0 Å². The van der Waals surface area contributed by atoms with Crippen molar-refractivity contribution in [1.82, 2.24) is 4.72 Å². The van der Waals surface area contributed by atoms with Gasteiger partial charge in [0.25, 0.3) is 5.91 Å². The lowest BCUT2D eigenvalue weighted by Crippen LogP contribution is -2.35. The summed E-state index contributed by atoms with van der Waals surface area (Å²) in [4.78, 5) is 12.5. The smallest absolute Gasteiger partial charge is 0.255 e. The first-order valence-electron chi connectivity index (χ1n) is 8.23. The summed E-state index contributed by atoms with van der Waals surface area (Å²) in [6.07, 6.45) is 0. The molecule has 0 unspecified atom stereocenters. The Hall–Kier alpha value is -2.22. The number of nitrogens with one attached hydrogen (secondary N) is 2. The molecule has 1 amide bonds. The number of rotatable bonds is 7. The minimum Gasteiger partial charge on any atom is -0.383 e. The van der Waals surface area contributed by atoms with Crippen LogP contribution < -0.4 is 10.0 Å². The summed E-state index contributed by atoms with van der Waals surface area (Å²) >= 11 is 0. The van der Waals surface area contributed by atoms with Crippen LogP contribution in [-0.4, -0.2) is 34.1 Å². The van der Waals surface area contributed by atoms with E-state index in [4.69, 9.17) is 4.74 Å². The lowest BCUT2D eigenvalue weighted by atomic mass is 10.1. The monoisotopic (exact) mass is 376 g/mol. The van der Waals surface area contributed by atoms with E-state index in [0.29, 0.717) is 5.56 Å². The van der Waals surface area contributed by atoms with Gasteiger partial charge in [0.1, 0.15) is 0 Å². The Balaban J connectivity index is 2.13. The molecule has 2 aromatic rings. The maximum absolute atomic E-state index is 12.4. The van der Waals surface area contributed by atoms with E-state index in [1.54, 1.807) is 6.92 Å². The highest BCUT2D eigenvalue weighted by atomic mass is 32.2. The fourth-order valence-electron chi connectivity index (χ4n) is 2.47. The Morgan fingerprint density at radius 2 is 1.77 bits per heavy atom. The first-order chi connectivity index (χ1) is 12.2. The third-order valence-electron chi connectivity index (χ3n) is 3.84. The van der Waals surface area contributed by atoms with E-state index in [1.807, 2.05) is 32.0 Å². The summed E-state index contributed by atoms with van der Waals surface area (Å²) in [5, 5.41) is 2.85. The third kappa shape index (κ3) is 5.14. The predicted octanol–water partition coefficient (Wildman–Crippen LogP) is 2.87. The first-order valence-corrected chi connectivity index (χ1v) is 9.71. The maximum atomic E-state index is 12.4. The van der Waals surface area contributed by atoms with Gasteiger partial charge in [-0.2, -0.15) is 0 Å². The molecule has 0 saturated carbocycles. The average Bonchev–Trinajstić information content (AvgIpc) is 2.58. The van der Waals surface area contributed by atoms with Gasteiger partial charge in [0, 0.05) is 24.4 Å². The van der Waals surface area contributed by atoms with Crippen molar-refractivity contribution in [1.29, 1.82) is 0 Å². The molecule has 140 valence electrons. The number of hydrogen-bond donors (Lipinski definition) is 2. The molecule has 6 nitrogen and oxygen atoms in total. The zero-order chi connectivity index (χ0) is 19.3. The van der Waals surface area contributed by atoms with E-state index in [9.17, 15) is 13.2 Å². The van der Waals surface area contributed by atoms with Gasteiger partial charge in [0.15, 0.2) is 0 Å². The average molecular weight is 376 g/mol. The highest BCUT2D eigenvalue weighted by Gasteiger charge is 2.18. The molecule has 0 aromatic heterocycles. The number of hydrogen-bond acceptors (Lipinski definition) is 4. The lowest BCUT2D eigenvalue weighted by Gasteiger charge is -2.13. The molecule has 2 N–H and O–H groups in total. The number of ether oxygens (including phenoxy) is 1. The second kappa shape index (κ2) is 8.44. The zero-order valence-corrected chi connectivity index (χ0v) is 16.2. The van der Waals surface area contributed by atoms with E-state index in [-0.39, 0.29) is 23.5 Å². The molecular formula is C19H24N2O4S. The molecule has 0 aliphatic heterocycles. The number of anilines is 1. The predicted molar refractivity (Wildman–Crippen MR) is 102 cm³/mol. The van der Waals surface area contributed by atoms with E-state index >= 15 is 0 Å². The van der Waals surface area contributed by atoms with Crippen molar-refractivity contribution < 1.29 is 17.9 Å². The van der Waals surface area contributed by atoms with Crippen molar-refractivity contribution in [2.45, 2.75) is 31.7 Å². The van der Waals surface area contributed by atoms with Gasteiger partial charge in [0.2, 0.25) is 10.0 Å². The normalized spacial score (nSPS) is 12.6. The summed E-state index contributed by atoms with van der Waals surface area (Å²) in [6.45, 7) is 5.85. The van der Waals surface area contributed by atoms with E-state index in [1.165, 1.54) is 31.4 Å². The highest BCUT2D eigenvalue weighted by molar-refractivity contribution is 7.89. The van der Waals surface area contributed by atoms with Gasteiger partial charge in [-0.05, 0) is 62.2 Å². The van der Waals surface area contributed by atoms with Gasteiger partial charge in [0.05, 0.1) is 11.5 Å². The minimum atomic E-state index is -3.66. The van der Waals surface area contributed by atoms with Crippen LogP contribution in [0.25, 0.3) is 0 Å². The second-order valence-electron chi connectivity index (χ2n) is 6.27. The molecule has 2 aromatic carbocycles. The van der Waals surface area contributed by atoms with Crippen molar-refractivity contribution >= 4 is 21.6 Å². The Morgan fingerprint density at radius 3 is 2.38 bits per heavy atom. The number of aryl methyl sites for hydroxylation is 2. The molecule has 7 heteroatoms. The van der Waals surface area contributed by atoms with Crippen molar-refractivity contribution in [3.8, 4) is 0 Å². The highest BCUT2D eigenvalue weighted by Crippen LogP contribution is 2.18.